The molecule has 1 N–H and O–H groups in total. The van der Waals surface area contributed by atoms with E-state index in [9.17, 15) is 4.79 Å². The minimum absolute atomic E-state index is 0.221. The van der Waals surface area contributed by atoms with E-state index in [1.165, 1.54) is 19.3 Å². The highest BCUT2D eigenvalue weighted by Gasteiger charge is 2.53. The molecule has 2 fully saturated rings. The van der Waals surface area contributed by atoms with Crippen molar-refractivity contribution >= 4 is 5.91 Å². The molecule has 1 amide bonds. The maximum atomic E-state index is 13.0. The second-order valence-electron chi connectivity index (χ2n) is 7.66. The maximum Gasteiger partial charge on any atom is 0.244 e. The Kier molecular flexibility index (Phi) is 4.78. The average molecular weight is 280 g/mol. The van der Waals surface area contributed by atoms with Crippen molar-refractivity contribution in [1.29, 1.82) is 0 Å². The van der Waals surface area contributed by atoms with Crippen LogP contribution in [0.15, 0.2) is 0 Å². The summed E-state index contributed by atoms with van der Waals surface area (Å²) in [5.74, 6) is 1.56. The van der Waals surface area contributed by atoms with Gasteiger partial charge in [-0.1, -0.05) is 40.5 Å². The fourth-order valence-electron chi connectivity index (χ4n) is 3.80. The Hall–Kier alpha value is -0.570. The van der Waals surface area contributed by atoms with Crippen molar-refractivity contribution in [1.82, 2.24) is 10.2 Å². The molecule has 0 aromatic rings. The molecule has 1 aliphatic carbocycles. The van der Waals surface area contributed by atoms with Gasteiger partial charge >= 0.3 is 0 Å². The number of amides is 1. The lowest BCUT2D eigenvalue weighted by Gasteiger charge is -2.33. The van der Waals surface area contributed by atoms with Gasteiger partial charge in [-0.2, -0.15) is 0 Å². The molecular formula is C17H32N2O. The van der Waals surface area contributed by atoms with Crippen LogP contribution in [-0.2, 0) is 4.79 Å². The highest BCUT2D eigenvalue weighted by molar-refractivity contribution is 5.89. The summed E-state index contributed by atoms with van der Waals surface area (Å²) in [4.78, 5) is 15.2. The van der Waals surface area contributed by atoms with Gasteiger partial charge in [0.15, 0.2) is 0 Å². The van der Waals surface area contributed by atoms with Crippen LogP contribution in [0.3, 0.4) is 0 Å². The van der Waals surface area contributed by atoms with Gasteiger partial charge in [0, 0.05) is 6.04 Å². The molecule has 3 heteroatoms. The Morgan fingerprint density at radius 1 is 1.15 bits per heavy atom. The first-order valence-corrected chi connectivity index (χ1v) is 8.48. The first-order chi connectivity index (χ1) is 9.37. The Labute approximate surface area is 124 Å². The van der Waals surface area contributed by atoms with Crippen LogP contribution in [0.2, 0.25) is 0 Å². The Morgan fingerprint density at radius 2 is 1.75 bits per heavy atom. The van der Waals surface area contributed by atoms with E-state index in [1.54, 1.807) is 0 Å². The molecule has 2 unspecified atom stereocenters. The lowest BCUT2D eigenvalue weighted by Crippen LogP contribution is -2.46. The van der Waals surface area contributed by atoms with Gasteiger partial charge in [0.1, 0.15) is 0 Å². The number of nitrogens with zero attached hydrogens (tertiary/aromatic N) is 1. The van der Waals surface area contributed by atoms with Crippen LogP contribution < -0.4 is 5.32 Å². The molecule has 0 aromatic carbocycles. The third-order valence-electron chi connectivity index (χ3n) is 5.09. The summed E-state index contributed by atoms with van der Waals surface area (Å²) in [7, 11) is 0. The van der Waals surface area contributed by atoms with Crippen molar-refractivity contribution in [3.63, 3.8) is 0 Å². The first kappa shape index (κ1) is 15.8. The van der Waals surface area contributed by atoms with Crippen LogP contribution in [0.25, 0.3) is 0 Å². The molecule has 1 aliphatic heterocycles. The number of hydrogen-bond acceptors (Lipinski definition) is 2. The highest BCUT2D eigenvalue weighted by Crippen LogP contribution is 2.39. The van der Waals surface area contributed by atoms with Crippen LogP contribution in [0.4, 0.5) is 0 Å². The van der Waals surface area contributed by atoms with E-state index in [-0.39, 0.29) is 11.7 Å². The van der Waals surface area contributed by atoms with Crippen molar-refractivity contribution in [3.05, 3.63) is 0 Å². The van der Waals surface area contributed by atoms with Crippen LogP contribution in [0, 0.1) is 11.8 Å². The number of carbonyl (C=O) groups excluding carboxylic acids is 1. The first-order valence-electron chi connectivity index (χ1n) is 8.48. The second-order valence-corrected chi connectivity index (χ2v) is 7.66. The molecule has 3 nitrogen and oxygen atoms in total. The van der Waals surface area contributed by atoms with E-state index in [0.29, 0.717) is 23.8 Å². The van der Waals surface area contributed by atoms with Gasteiger partial charge in [0.2, 0.25) is 5.91 Å². The smallest absolute Gasteiger partial charge is 0.244 e. The fourth-order valence-corrected chi connectivity index (χ4v) is 3.80. The van der Waals surface area contributed by atoms with E-state index in [1.807, 2.05) is 0 Å². The summed E-state index contributed by atoms with van der Waals surface area (Å²) in [5, 5.41) is 3.71. The Bertz CT molecular complexity index is 345. The number of hydrogen-bond donors (Lipinski definition) is 1. The molecule has 2 aliphatic rings. The zero-order valence-corrected chi connectivity index (χ0v) is 13.9. The molecule has 116 valence electrons. The predicted octanol–water partition coefficient (Wildman–Crippen LogP) is 3.54. The normalized spacial score (nSPS) is 27.2. The molecular weight excluding hydrogens is 248 g/mol. The van der Waals surface area contributed by atoms with Gasteiger partial charge in [0.05, 0.1) is 11.7 Å². The Morgan fingerprint density at radius 3 is 2.25 bits per heavy atom. The summed E-state index contributed by atoms with van der Waals surface area (Å²) in [6.45, 7) is 11.2. The molecule has 0 radical (unpaired) electrons. The molecule has 1 saturated heterocycles. The van der Waals surface area contributed by atoms with E-state index in [2.05, 4.69) is 44.8 Å². The molecule has 0 aromatic heterocycles. The SMILES string of the molecule is CC(C)CCC(C)N1C(=O)C2(CCCC2)NC1C(C)C. The summed E-state index contributed by atoms with van der Waals surface area (Å²) >= 11 is 0. The molecule has 1 saturated carbocycles. The van der Waals surface area contributed by atoms with Crippen molar-refractivity contribution < 1.29 is 4.79 Å². The van der Waals surface area contributed by atoms with Crippen LogP contribution in [0.5, 0.6) is 0 Å². The minimum Gasteiger partial charge on any atom is -0.323 e. The van der Waals surface area contributed by atoms with E-state index in [4.69, 9.17) is 0 Å². The van der Waals surface area contributed by atoms with Crippen molar-refractivity contribution in [3.8, 4) is 0 Å². The van der Waals surface area contributed by atoms with Crippen molar-refractivity contribution in [2.24, 2.45) is 11.8 Å². The zero-order valence-electron chi connectivity index (χ0n) is 13.9. The Balaban J connectivity index is 2.13. The second kappa shape index (κ2) is 6.05. The van der Waals surface area contributed by atoms with Crippen LogP contribution in [0.1, 0.15) is 73.1 Å². The van der Waals surface area contributed by atoms with Gasteiger partial charge < -0.3 is 4.90 Å². The lowest BCUT2D eigenvalue weighted by molar-refractivity contribution is -0.135. The topological polar surface area (TPSA) is 32.3 Å². The summed E-state index contributed by atoms with van der Waals surface area (Å²) < 4.78 is 0. The molecule has 1 spiro atoms. The summed E-state index contributed by atoms with van der Waals surface area (Å²) in [6.07, 6.45) is 6.98. The van der Waals surface area contributed by atoms with Crippen molar-refractivity contribution in [2.75, 3.05) is 0 Å². The maximum absolute atomic E-state index is 13.0. The van der Waals surface area contributed by atoms with Gasteiger partial charge in [-0.25, -0.2) is 0 Å². The third kappa shape index (κ3) is 2.88. The predicted molar refractivity (Wildman–Crippen MR) is 83.3 cm³/mol. The van der Waals surface area contributed by atoms with Crippen LogP contribution >= 0.6 is 0 Å². The van der Waals surface area contributed by atoms with Gasteiger partial charge in [-0.15, -0.1) is 0 Å². The van der Waals surface area contributed by atoms with E-state index < -0.39 is 0 Å². The molecule has 20 heavy (non-hydrogen) atoms. The quantitative estimate of drug-likeness (QED) is 0.835. The lowest BCUT2D eigenvalue weighted by atomic mass is 9.97. The van der Waals surface area contributed by atoms with E-state index >= 15 is 0 Å². The van der Waals surface area contributed by atoms with Gasteiger partial charge in [0.25, 0.3) is 0 Å². The monoisotopic (exact) mass is 280 g/mol. The fraction of sp³-hybridized carbons (Fsp3) is 0.941. The molecule has 2 atom stereocenters. The van der Waals surface area contributed by atoms with Gasteiger partial charge in [-0.05, 0) is 44.4 Å². The largest absolute Gasteiger partial charge is 0.323 e. The number of carbonyl (C=O) groups is 1. The minimum atomic E-state index is -0.221. The molecule has 0 bridgehead atoms. The summed E-state index contributed by atoms with van der Waals surface area (Å²) in [5.41, 5.74) is -0.221. The number of rotatable bonds is 5. The highest BCUT2D eigenvalue weighted by atomic mass is 16.2. The molecule has 1 heterocycles. The van der Waals surface area contributed by atoms with E-state index in [0.717, 1.165) is 19.3 Å². The average Bonchev–Trinajstić information content (AvgIpc) is 2.95. The zero-order chi connectivity index (χ0) is 14.9. The van der Waals surface area contributed by atoms with Crippen molar-refractivity contribution in [2.45, 2.75) is 90.9 Å². The number of nitrogens with one attached hydrogen (secondary N) is 1. The van der Waals surface area contributed by atoms with Gasteiger partial charge in [-0.3, -0.25) is 10.1 Å². The third-order valence-corrected chi connectivity index (χ3v) is 5.09. The standard InChI is InChI=1S/C17H32N2O/c1-12(2)8-9-14(5)19-15(13(3)4)18-17(16(19)20)10-6-7-11-17/h12-15,18H,6-11H2,1-5H3. The summed E-state index contributed by atoms with van der Waals surface area (Å²) in [6, 6.07) is 0.352. The molecule has 2 rings (SSSR count). The van der Waals surface area contributed by atoms with Crippen LogP contribution in [-0.4, -0.2) is 28.6 Å².